The molecule has 0 spiro atoms. The lowest BCUT2D eigenvalue weighted by Gasteiger charge is -2.24. The highest BCUT2D eigenvalue weighted by atomic mass is 16.5. The number of hydrogen-bond donors (Lipinski definition) is 2. The number of guanidine groups is 1. The molecule has 1 aliphatic heterocycles. The molecule has 7 heteroatoms. The van der Waals surface area contributed by atoms with Crippen molar-refractivity contribution >= 4 is 11.9 Å². The number of rotatable bonds is 9. The monoisotopic (exact) mass is 327 g/mol. The first-order valence-corrected chi connectivity index (χ1v) is 8.58. The molecule has 1 atom stereocenters. The van der Waals surface area contributed by atoms with Crippen LogP contribution in [0.15, 0.2) is 4.99 Å². The van der Waals surface area contributed by atoms with E-state index in [1.54, 1.807) is 14.2 Å². The predicted octanol–water partition coefficient (Wildman–Crippen LogP) is -0.0119. The third-order valence-electron chi connectivity index (χ3n) is 4.24. The quantitative estimate of drug-likeness (QED) is 0.354. The Labute approximate surface area is 140 Å². The largest absolute Gasteiger partial charge is 0.383 e. The standard InChI is InChI=1S/C16H33N5O2/c1-5-20(6-2)12-14-7-9-21(13-14)16(17-3)19-11-15(22)18-8-10-23-4/h14H,5-13H2,1-4H3,(H,17,19)(H,18,22). The Morgan fingerprint density at radius 2 is 2.09 bits per heavy atom. The average Bonchev–Trinajstić information content (AvgIpc) is 3.02. The van der Waals surface area contributed by atoms with Gasteiger partial charge >= 0.3 is 0 Å². The van der Waals surface area contributed by atoms with Crippen molar-refractivity contribution in [3.8, 4) is 0 Å². The van der Waals surface area contributed by atoms with Crippen molar-refractivity contribution in [3.05, 3.63) is 0 Å². The van der Waals surface area contributed by atoms with Crippen LogP contribution < -0.4 is 10.6 Å². The van der Waals surface area contributed by atoms with E-state index in [9.17, 15) is 4.79 Å². The van der Waals surface area contributed by atoms with Gasteiger partial charge in [0.15, 0.2) is 5.96 Å². The van der Waals surface area contributed by atoms with Crippen LogP contribution in [0.2, 0.25) is 0 Å². The number of aliphatic imine (C=N–C) groups is 1. The van der Waals surface area contributed by atoms with E-state index in [1.807, 2.05) is 0 Å². The molecular formula is C16H33N5O2. The topological polar surface area (TPSA) is 69.2 Å². The molecule has 23 heavy (non-hydrogen) atoms. The van der Waals surface area contributed by atoms with E-state index in [2.05, 4.69) is 39.3 Å². The molecule has 0 aromatic rings. The molecule has 1 saturated heterocycles. The van der Waals surface area contributed by atoms with Crippen molar-refractivity contribution in [1.82, 2.24) is 20.4 Å². The number of likely N-dealkylation sites (tertiary alicyclic amines) is 1. The molecule has 134 valence electrons. The Morgan fingerprint density at radius 3 is 2.70 bits per heavy atom. The van der Waals surface area contributed by atoms with Gasteiger partial charge in [0, 0.05) is 40.3 Å². The zero-order valence-electron chi connectivity index (χ0n) is 15.1. The molecule has 1 amide bonds. The number of hydrogen-bond acceptors (Lipinski definition) is 4. The number of carbonyl (C=O) groups is 1. The molecule has 0 aromatic heterocycles. The second kappa shape index (κ2) is 11.2. The number of ether oxygens (including phenoxy) is 1. The summed E-state index contributed by atoms with van der Waals surface area (Å²) in [6.45, 7) is 11.1. The van der Waals surface area contributed by atoms with E-state index in [0.29, 0.717) is 19.1 Å². The van der Waals surface area contributed by atoms with Gasteiger partial charge in [-0.1, -0.05) is 13.8 Å². The first kappa shape index (κ1) is 19.7. The van der Waals surface area contributed by atoms with Crippen LogP contribution in [0.1, 0.15) is 20.3 Å². The van der Waals surface area contributed by atoms with Crippen LogP contribution in [0.4, 0.5) is 0 Å². The lowest BCUT2D eigenvalue weighted by atomic mass is 10.1. The van der Waals surface area contributed by atoms with Crippen molar-refractivity contribution in [2.75, 3.05) is 66.6 Å². The van der Waals surface area contributed by atoms with Gasteiger partial charge in [-0.05, 0) is 25.4 Å². The molecule has 1 fully saturated rings. The second-order valence-corrected chi connectivity index (χ2v) is 5.83. The zero-order valence-corrected chi connectivity index (χ0v) is 15.1. The maximum atomic E-state index is 11.7. The van der Waals surface area contributed by atoms with Gasteiger partial charge < -0.3 is 25.2 Å². The fourth-order valence-corrected chi connectivity index (χ4v) is 2.87. The summed E-state index contributed by atoms with van der Waals surface area (Å²) in [5.41, 5.74) is 0. The molecule has 0 saturated carbocycles. The molecule has 0 radical (unpaired) electrons. The summed E-state index contributed by atoms with van der Waals surface area (Å²) in [4.78, 5) is 20.7. The Kier molecular flexibility index (Phi) is 9.63. The van der Waals surface area contributed by atoms with E-state index in [1.165, 1.54) is 6.42 Å². The molecule has 2 N–H and O–H groups in total. The van der Waals surface area contributed by atoms with Crippen LogP contribution in [0.5, 0.6) is 0 Å². The van der Waals surface area contributed by atoms with Gasteiger partial charge in [0.25, 0.3) is 0 Å². The number of amides is 1. The third-order valence-corrected chi connectivity index (χ3v) is 4.24. The third kappa shape index (κ3) is 7.18. The first-order chi connectivity index (χ1) is 11.1. The van der Waals surface area contributed by atoms with Crippen LogP contribution in [0.3, 0.4) is 0 Å². The van der Waals surface area contributed by atoms with E-state index in [4.69, 9.17) is 4.74 Å². The van der Waals surface area contributed by atoms with E-state index >= 15 is 0 Å². The highest BCUT2D eigenvalue weighted by Gasteiger charge is 2.26. The summed E-state index contributed by atoms with van der Waals surface area (Å²) in [5.74, 6) is 1.44. The van der Waals surface area contributed by atoms with Crippen molar-refractivity contribution < 1.29 is 9.53 Å². The minimum Gasteiger partial charge on any atom is -0.383 e. The Balaban J connectivity index is 2.34. The minimum atomic E-state index is -0.0397. The molecule has 1 heterocycles. The lowest BCUT2D eigenvalue weighted by molar-refractivity contribution is -0.120. The fraction of sp³-hybridized carbons (Fsp3) is 0.875. The van der Waals surface area contributed by atoms with Gasteiger partial charge in [0.2, 0.25) is 5.91 Å². The summed E-state index contributed by atoms with van der Waals surface area (Å²) in [5, 5.41) is 5.95. The maximum absolute atomic E-state index is 11.7. The molecule has 0 bridgehead atoms. The molecule has 0 aliphatic carbocycles. The van der Waals surface area contributed by atoms with Gasteiger partial charge in [0.05, 0.1) is 13.2 Å². The van der Waals surface area contributed by atoms with Gasteiger partial charge in [0.1, 0.15) is 0 Å². The van der Waals surface area contributed by atoms with Crippen LogP contribution in [-0.4, -0.2) is 88.2 Å². The van der Waals surface area contributed by atoms with Crippen LogP contribution in [0.25, 0.3) is 0 Å². The summed E-state index contributed by atoms with van der Waals surface area (Å²) >= 11 is 0. The average molecular weight is 327 g/mol. The highest BCUT2D eigenvalue weighted by molar-refractivity contribution is 5.86. The fourth-order valence-electron chi connectivity index (χ4n) is 2.87. The number of methoxy groups -OCH3 is 1. The summed E-state index contributed by atoms with van der Waals surface area (Å²) in [6.07, 6.45) is 1.18. The predicted molar refractivity (Wildman–Crippen MR) is 93.7 cm³/mol. The number of nitrogens with zero attached hydrogens (tertiary/aromatic N) is 3. The first-order valence-electron chi connectivity index (χ1n) is 8.58. The van der Waals surface area contributed by atoms with Crippen molar-refractivity contribution in [1.29, 1.82) is 0 Å². The zero-order chi connectivity index (χ0) is 17.1. The Morgan fingerprint density at radius 1 is 1.35 bits per heavy atom. The van der Waals surface area contributed by atoms with Gasteiger partial charge in [-0.15, -0.1) is 0 Å². The Bertz CT molecular complexity index is 371. The summed E-state index contributed by atoms with van der Waals surface area (Å²) < 4.78 is 4.91. The van der Waals surface area contributed by atoms with Gasteiger partial charge in [-0.3, -0.25) is 9.79 Å². The Hall–Kier alpha value is -1.34. The molecule has 1 rings (SSSR count). The molecule has 1 unspecified atom stereocenters. The van der Waals surface area contributed by atoms with E-state index in [0.717, 1.165) is 38.7 Å². The summed E-state index contributed by atoms with van der Waals surface area (Å²) in [6, 6.07) is 0. The lowest BCUT2D eigenvalue weighted by Crippen LogP contribution is -2.45. The van der Waals surface area contributed by atoms with Crippen LogP contribution >= 0.6 is 0 Å². The summed E-state index contributed by atoms with van der Waals surface area (Å²) in [7, 11) is 3.39. The number of nitrogens with one attached hydrogen (secondary N) is 2. The molecular weight excluding hydrogens is 294 g/mol. The van der Waals surface area contributed by atoms with Crippen molar-refractivity contribution in [3.63, 3.8) is 0 Å². The SMILES string of the molecule is CCN(CC)CC1CCN(C(=NC)NCC(=O)NCCOC)C1. The van der Waals surface area contributed by atoms with E-state index in [-0.39, 0.29) is 12.5 Å². The second-order valence-electron chi connectivity index (χ2n) is 5.83. The number of carbonyl (C=O) groups excluding carboxylic acids is 1. The molecule has 7 nitrogen and oxygen atoms in total. The normalized spacial score (nSPS) is 18.6. The maximum Gasteiger partial charge on any atom is 0.239 e. The van der Waals surface area contributed by atoms with Crippen molar-refractivity contribution in [2.45, 2.75) is 20.3 Å². The minimum absolute atomic E-state index is 0.0397. The highest BCUT2D eigenvalue weighted by Crippen LogP contribution is 2.17. The molecule has 1 aliphatic rings. The van der Waals surface area contributed by atoms with Crippen LogP contribution in [-0.2, 0) is 9.53 Å². The van der Waals surface area contributed by atoms with Gasteiger partial charge in [-0.2, -0.15) is 0 Å². The van der Waals surface area contributed by atoms with Crippen LogP contribution in [0, 0.1) is 5.92 Å². The molecule has 0 aromatic carbocycles. The smallest absolute Gasteiger partial charge is 0.239 e. The van der Waals surface area contributed by atoms with Gasteiger partial charge in [-0.25, -0.2) is 0 Å². The van der Waals surface area contributed by atoms with Crippen molar-refractivity contribution in [2.24, 2.45) is 10.9 Å². The van der Waals surface area contributed by atoms with E-state index < -0.39 is 0 Å².